The molecule has 7 nitrogen and oxygen atoms in total. The lowest BCUT2D eigenvalue weighted by Crippen LogP contribution is -2.50. The highest BCUT2D eigenvalue weighted by Crippen LogP contribution is 2.37. The van der Waals surface area contributed by atoms with Gasteiger partial charge in [0.25, 0.3) is 5.91 Å². The number of fused-ring (bicyclic) bond motifs is 3. The topological polar surface area (TPSA) is 65.8 Å². The van der Waals surface area contributed by atoms with E-state index in [1.165, 1.54) is 11.1 Å². The lowest BCUT2D eigenvalue weighted by atomic mass is 10.0. The molecule has 1 amide bonds. The Balaban J connectivity index is 1.41. The third-order valence-corrected chi connectivity index (χ3v) is 6.56. The van der Waals surface area contributed by atoms with Crippen molar-refractivity contribution in [1.82, 2.24) is 14.7 Å². The molecule has 35 heavy (non-hydrogen) atoms. The molecule has 3 aromatic carbocycles. The SMILES string of the molecule is C[C@@H]1CN=C2N(C)C(=O)c3c(nn(Cc4ccc(-c5ccccc5)cc4)c3Nc3ccccc3)N21. The number of carbonyl (C=O) groups is 1. The van der Waals surface area contributed by atoms with Crippen molar-refractivity contribution in [3.05, 3.63) is 96.1 Å². The largest absolute Gasteiger partial charge is 0.340 e. The molecule has 0 spiro atoms. The lowest BCUT2D eigenvalue weighted by Gasteiger charge is -2.33. The number of nitrogens with one attached hydrogen (secondary N) is 1. The van der Waals surface area contributed by atoms with E-state index in [4.69, 9.17) is 5.10 Å². The summed E-state index contributed by atoms with van der Waals surface area (Å²) in [6.07, 6.45) is 0. The van der Waals surface area contributed by atoms with Gasteiger partial charge in [-0.2, -0.15) is 5.10 Å². The minimum absolute atomic E-state index is 0.104. The Hall–Kier alpha value is -4.39. The Morgan fingerprint density at radius 1 is 0.914 bits per heavy atom. The van der Waals surface area contributed by atoms with E-state index in [1.54, 1.807) is 11.9 Å². The van der Waals surface area contributed by atoms with Crippen molar-refractivity contribution < 1.29 is 4.79 Å². The highest BCUT2D eigenvalue weighted by atomic mass is 16.2. The van der Waals surface area contributed by atoms with Crippen molar-refractivity contribution in [2.24, 2.45) is 4.99 Å². The number of anilines is 3. The van der Waals surface area contributed by atoms with Crippen molar-refractivity contribution in [2.45, 2.75) is 19.5 Å². The number of hydrogen-bond acceptors (Lipinski definition) is 5. The molecule has 0 fully saturated rings. The number of carbonyl (C=O) groups excluding carboxylic acids is 1. The van der Waals surface area contributed by atoms with Gasteiger partial charge in [0, 0.05) is 12.7 Å². The predicted octanol–water partition coefficient (Wildman–Crippen LogP) is 4.99. The third kappa shape index (κ3) is 3.65. The molecule has 2 aliphatic rings. The van der Waals surface area contributed by atoms with Crippen molar-refractivity contribution in [1.29, 1.82) is 0 Å². The molecule has 174 valence electrons. The average molecular weight is 463 g/mol. The van der Waals surface area contributed by atoms with Crippen LogP contribution in [-0.2, 0) is 6.54 Å². The molecule has 0 saturated carbocycles. The molecule has 7 heteroatoms. The van der Waals surface area contributed by atoms with Gasteiger partial charge in [-0.1, -0.05) is 72.8 Å². The minimum atomic E-state index is -0.104. The first-order valence-corrected chi connectivity index (χ1v) is 11.8. The van der Waals surface area contributed by atoms with Gasteiger partial charge in [0.15, 0.2) is 5.82 Å². The van der Waals surface area contributed by atoms with Crippen LogP contribution in [0.4, 0.5) is 17.3 Å². The molecule has 1 aromatic heterocycles. The number of rotatable bonds is 5. The molecule has 1 N–H and O–H groups in total. The molecule has 3 heterocycles. The highest BCUT2D eigenvalue weighted by Gasteiger charge is 2.43. The fourth-order valence-electron chi connectivity index (χ4n) is 4.72. The summed E-state index contributed by atoms with van der Waals surface area (Å²) in [6.45, 7) is 3.28. The summed E-state index contributed by atoms with van der Waals surface area (Å²) >= 11 is 0. The third-order valence-electron chi connectivity index (χ3n) is 6.56. The summed E-state index contributed by atoms with van der Waals surface area (Å²) < 4.78 is 1.90. The second-order valence-electron chi connectivity index (χ2n) is 8.98. The maximum absolute atomic E-state index is 13.5. The zero-order chi connectivity index (χ0) is 23.9. The van der Waals surface area contributed by atoms with Crippen molar-refractivity contribution in [3.63, 3.8) is 0 Å². The van der Waals surface area contributed by atoms with Gasteiger partial charge in [-0.3, -0.25) is 19.6 Å². The zero-order valence-electron chi connectivity index (χ0n) is 19.7. The van der Waals surface area contributed by atoms with Gasteiger partial charge < -0.3 is 5.32 Å². The van der Waals surface area contributed by atoms with Gasteiger partial charge in [0.2, 0.25) is 5.96 Å². The standard InChI is InChI=1S/C28H26N6O/c1-19-17-29-28-32(2)27(35)24-25(30-23-11-7-4-8-12-23)33(31-26(24)34(19)28)18-20-13-15-22(16-14-20)21-9-5-3-6-10-21/h3-16,19,30H,17-18H2,1-2H3/t19-/m1/s1. The van der Waals surface area contributed by atoms with E-state index in [-0.39, 0.29) is 11.9 Å². The molecule has 0 bridgehead atoms. The van der Waals surface area contributed by atoms with Crippen LogP contribution in [0.25, 0.3) is 11.1 Å². The van der Waals surface area contributed by atoms with E-state index in [1.807, 2.05) is 53.2 Å². The first-order chi connectivity index (χ1) is 17.1. The Morgan fingerprint density at radius 2 is 1.57 bits per heavy atom. The minimum Gasteiger partial charge on any atom is -0.340 e. The second-order valence-corrected chi connectivity index (χ2v) is 8.98. The number of hydrogen-bond donors (Lipinski definition) is 1. The Kier molecular flexibility index (Phi) is 5.10. The van der Waals surface area contributed by atoms with E-state index < -0.39 is 0 Å². The fourth-order valence-corrected chi connectivity index (χ4v) is 4.72. The van der Waals surface area contributed by atoms with Crippen LogP contribution in [0.1, 0.15) is 22.8 Å². The number of aromatic nitrogens is 2. The first-order valence-electron chi connectivity index (χ1n) is 11.8. The Labute approximate surface area is 204 Å². The number of aliphatic imine (C=N–C) groups is 1. The molecule has 0 saturated heterocycles. The number of amides is 1. The van der Waals surface area contributed by atoms with Gasteiger partial charge in [-0.05, 0) is 35.7 Å². The van der Waals surface area contributed by atoms with E-state index in [9.17, 15) is 4.79 Å². The van der Waals surface area contributed by atoms with Crippen molar-refractivity contribution in [3.8, 4) is 11.1 Å². The van der Waals surface area contributed by atoms with Gasteiger partial charge in [0.05, 0.1) is 19.1 Å². The number of guanidine groups is 1. The summed E-state index contributed by atoms with van der Waals surface area (Å²) in [5, 5.41) is 8.42. The summed E-state index contributed by atoms with van der Waals surface area (Å²) in [4.78, 5) is 21.8. The average Bonchev–Trinajstić information content (AvgIpc) is 3.45. The van der Waals surface area contributed by atoms with Gasteiger partial charge >= 0.3 is 0 Å². The van der Waals surface area contributed by atoms with Gasteiger partial charge in [-0.15, -0.1) is 0 Å². The molecule has 0 aliphatic carbocycles. The lowest BCUT2D eigenvalue weighted by molar-refractivity contribution is 0.0866. The second kappa shape index (κ2) is 8.43. The van der Waals surface area contributed by atoms with Crippen LogP contribution in [0, 0.1) is 0 Å². The normalized spacial score (nSPS) is 16.7. The van der Waals surface area contributed by atoms with E-state index in [2.05, 4.69) is 58.5 Å². The van der Waals surface area contributed by atoms with Crippen LogP contribution >= 0.6 is 0 Å². The van der Waals surface area contributed by atoms with E-state index >= 15 is 0 Å². The number of para-hydroxylation sites is 1. The summed E-state index contributed by atoms with van der Waals surface area (Å²) in [7, 11) is 1.78. The smallest absolute Gasteiger partial charge is 0.267 e. The van der Waals surface area contributed by atoms with E-state index in [0.29, 0.717) is 36.2 Å². The summed E-state index contributed by atoms with van der Waals surface area (Å²) in [6, 6.07) is 28.9. The quantitative estimate of drug-likeness (QED) is 0.454. The number of nitrogens with zero attached hydrogens (tertiary/aromatic N) is 5. The Morgan fingerprint density at radius 3 is 2.29 bits per heavy atom. The Bertz CT molecular complexity index is 1410. The molecule has 6 rings (SSSR count). The molecule has 4 aromatic rings. The maximum Gasteiger partial charge on any atom is 0.267 e. The zero-order valence-corrected chi connectivity index (χ0v) is 19.7. The molecule has 2 aliphatic heterocycles. The molecular formula is C28H26N6O. The highest BCUT2D eigenvalue weighted by molar-refractivity contribution is 6.20. The maximum atomic E-state index is 13.5. The molecule has 0 unspecified atom stereocenters. The van der Waals surface area contributed by atoms with Crippen LogP contribution < -0.4 is 10.2 Å². The molecule has 0 radical (unpaired) electrons. The number of benzene rings is 3. The summed E-state index contributed by atoms with van der Waals surface area (Å²) in [5.74, 6) is 1.91. The fraction of sp³-hybridized carbons (Fsp3) is 0.179. The van der Waals surface area contributed by atoms with Gasteiger partial charge in [0.1, 0.15) is 11.4 Å². The van der Waals surface area contributed by atoms with Crippen molar-refractivity contribution >= 4 is 29.2 Å². The van der Waals surface area contributed by atoms with Crippen LogP contribution in [0.2, 0.25) is 0 Å². The molecule has 1 atom stereocenters. The van der Waals surface area contributed by atoms with Gasteiger partial charge in [-0.25, -0.2) is 4.68 Å². The van der Waals surface area contributed by atoms with Crippen LogP contribution in [-0.4, -0.2) is 46.2 Å². The molecular weight excluding hydrogens is 436 g/mol. The van der Waals surface area contributed by atoms with Crippen LogP contribution in [0.3, 0.4) is 0 Å². The van der Waals surface area contributed by atoms with E-state index in [0.717, 1.165) is 11.3 Å². The first kappa shape index (κ1) is 21.2. The van der Waals surface area contributed by atoms with Crippen molar-refractivity contribution in [2.75, 3.05) is 23.8 Å². The predicted molar refractivity (Wildman–Crippen MR) is 139 cm³/mol. The summed E-state index contributed by atoms with van der Waals surface area (Å²) in [5.41, 5.74) is 4.93. The van der Waals surface area contributed by atoms with Crippen LogP contribution in [0.5, 0.6) is 0 Å². The van der Waals surface area contributed by atoms with Crippen LogP contribution in [0.15, 0.2) is 89.9 Å². The monoisotopic (exact) mass is 462 g/mol.